The molecule has 0 aliphatic heterocycles. The number of halogens is 1. The van der Waals surface area contributed by atoms with E-state index in [9.17, 15) is 4.79 Å². The Bertz CT molecular complexity index is 252. The summed E-state index contributed by atoms with van der Waals surface area (Å²) in [6.45, 7) is 0. The summed E-state index contributed by atoms with van der Waals surface area (Å²) in [6, 6.07) is 1.54. The first kappa shape index (κ1) is 7.87. The van der Waals surface area contributed by atoms with Crippen LogP contribution in [0.1, 0.15) is 0 Å². The number of anilines is 1. The third-order valence-electron chi connectivity index (χ3n) is 1.10. The maximum atomic E-state index is 10.5. The third-order valence-corrected chi connectivity index (χ3v) is 1.35. The van der Waals surface area contributed by atoms with E-state index in [4.69, 9.17) is 11.6 Å². The highest BCUT2D eigenvalue weighted by molar-refractivity contribution is 6.66. The lowest BCUT2D eigenvalue weighted by atomic mass is 10.6. The van der Waals surface area contributed by atoms with Crippen molar-refractivity contribution >= 4 is 22.8 Å². The minimum atomic E-state index is -0.606. The van der Waals surface area contributed by atoms with E-state index in [0.717, 1.165) is 4.90 Å². The summed E-state index contributed by atoms with van der Waals surface area (Å²) in [5, 5.41) is 9.73. The summed E-state index contributed by atoms with van der Waals surface area (Å²) in [5.41, 5.74) is 0. The predicted octanol–water partition coefficient (Wildman–Crippen LogP) is 0.667. The molecule has 0 saturated heterocycles. The number of carbonyl (C=O) groups excluding carboxylic acids is 1. The molecule has 0 aromatic carbocycles. The average Bonchev–Trinajstić information content (AvgIpc) is 2.05. The zero-order chi connectivity index (χ0) is 8.27. The number of rotatable bonds is 1. The second-order valence-corrected chi connectivity index (χ2v) is 2.11. The van der Waals surface area contributed by atoms with Gasteiger partial charge in [0.25, 0.3) is 0 Å². The van der Waals surface area contributed by atoms with E-state index >= 15 is 0 Å². The summed E-state index contributed by atoms with van der Waals surface area (Å²) in [7, 11) is 1.50. The molecule has 0 aliphatic rings. The Hall–Kier alpha value is -1.23. The number of nitrogens with zero attached hydrogens (tertiary/aromatic N) is 4. The number of carbonyl (C=O) groups is 1. The fourth-order valence-corrected chi connectivity index (χ4v) is 0.590. The van der Waals surface area contributed by atoms with Gasteiger partial charge in [-0.25, -0.2) is 0 Å². The van der Waals surface area contributed by atoms with Gasteiger partial charge in [-0.1, -0.05) is 0 Å². The van der Waals surface area contributed by atoms with Gasteiger partial charge in [0.05, 0.1) is 6.20 Å². The molecule has 0 fully saturated rings. The van der Waals surface area contributed by atoms with Crippen LogP contribution in [0.25, 0.3) is 0 Å². The Labute approximate surface area is 68.0 Å². The van der Waals surface area contributed by atoms with Crippen LogP contribution in [0.5, 0.6) is 0 Å². The molecule has 6 heteroatoms. The van der Waals surface area contributed by atoms with Gasteiger partial charge < -0.3 is 0 Å². The average molecular weight is 173 g/mol. The summed E-state index contributed by atoms with van der Waals surface area (Å²) in [4.78, 5) is 11.7. The first-order valence-electron chi connectivity index (χ1n) is 2.79. The number of hydrogen-bond acceptors (Lipinski definition) is 4. The van der Waals surface area contributed by atoms with E-state index in [1.165, 1.54) is 19.3 Å². The van der Waals surface area contributed by atoms with Crippen molar-refractivity contribution in [3.05, 3.63) is 12.3 Å². The van der Waals surface area contributed by atoms with Crippen molar-refractivity contribution in [2.24, 2.45) is 0 Å². The van der Waals surface area contributed by atoms with Crippen LogP contribution >= 0.6 is 11.6 Å². The molecule has 58 valence electrons. The topological polar surface area (TPSA) is 59.0 Å². The molecule has 1 rings (SSSR count). The molecular weight excluding hydrogens is 168 g/mol. The van der Waals surface area contributed by atoms with Gasteiger partial charge >= 0.3 is 5.37 Å². The Morgan fingerprint density at radius 1 is 1.73 bits per heavy atom. The predicted molar refractivity (Wildman–Crippen MR) is 39.5 cm³/mol. The molecule has 0 aliphatic carbocycles. The second-order valence-electron chi connectivity index (χ2n) is 1.79. The Morgan fingerprint density at radius 3 is 2.91 bits per heavy atom. The van der Waals surface area contributed by atoms with Gasteiger partial charge in [0, 0.05) is 13.1 Å². The summed E-state index contributed by atoms with van der Waals surface area (Å²) in [6.07, 6.45) is 1.43. The van der Waals surface area contributed by atoms with Gasteiger partial charge in [0.2, 0.25) is 0 Å². The zero-order valence-electron chi connectivity index (χ0n) is 5.73. The monoisotopic (exact) mass is 172 g/mol. The molecule has 11 heavy (non-hydrogen) atoms. The van der Waals surface area contributed by atoms with E-state index in [2.05, 4.69) is 15.4 Å². The molecule has 1 aromatic heterocycles. The van der Waals surface area contributed by atoms with Gasteiger partial charge in [-0.15, -0.1) is 10.2 Å². The van der Waals surface area contributed by atoms with E-state index in [0.29, 0.717) is 5.82 Å². The van der Waals surface area contributed by atoms with Crippen molar-refractivity contribution in [1.82, 2.24) is 15.4 Å². The summed E-state index contributed by atoms with van der Waals surface area (Å²) in [5.74, 6) is 0.375. The minimum absolute atomic E-state index is 0.375. The van der Waals surface area contributed by atoms with Gasteiger partial charge in [-0.05, 0) is 16.8 Å². The largest absolute Gasteiger partial charge is 0.321 e. The van der Waals surface area contributed by atoms with E-state index < -0.39 is 5.37 Å². The van der Waals surface area contributed by atoms with Gasteiger partial charge in [-0.2, -0.15) is 0 Å². The standard InChI is InChI=1S/C5H5ClN4O/c1-10(5(6)11)4-2-3-7-9-8-4/h2-3H,1H3. The molecule has 0 unspecified atom stereocenters. The van der Waals surface area contributed by atoms with Crippen molar-refractivity contribution in [2.45, 2.75) is 0 Å². The van der Waals surface area contributed by atoms with Crippen LogP contribution in [0, 0.1) is 0 Å². The summed E-state index contributed by atoms with van der Waals surface area (Å²) >= 11 is 5.16. The van der Waals surface area contributed by atoms with E-state index in [1.54, 1.807) is 0 Å². The van der Waals surface area contributed by atoms with Crippen LogP contribution in [0.3, 0.4) is 0 Å². The fourth-order valence-electron chi connectivity index (χ4n) is 0.504. The number of amides is 1. The third kappa shape index (κ3) is 1.84. The van der Waals surface area contributed by atoms with Crippen molar-refractivity contribution in [3.8, 4) is 0 Å². The highest BCUT2D eigenvalue weighted by Gasteiger charge is 2.07. The molecule has 1 amide bonds. The van der Waals surface area contributed by atoms with Crippen LogP contribution < -0.4 is 4.90 Å². The highest BCUT2D eigenvalue weighted by atomic mass is 35.5. The SMILES string of the molecule is CN(C(=O)Cl)c1ccnnn1. The normalized spacial score (nSPS) is 9.27. The molecular formula is C5H5ClN4O. The Balaban J connectivity index is 2.85. The lowest BCUT2D eigenvalue weighted by Crippen LogP contribution is -2.21. The molecule has 1 heterocycles. The van der Waals surface area contributed by atoms with Crippen LogP contribution in [0.15, 0.2) is 12.3 Å². The number of aromatic nitrogens is 3. The van der Waals surface area contributed by atoms with Crippen molar-refractivity contribution < 1.29 is 4.79 Å². The molecule has 5 nitrogen and oxygen atoms in total. The van der Waals surface area contributed by atoms with Crippen molar-refractivity contribution in [2.75, 3.05) is 11.9 Å². The first-order chi connectivity index (χ1) is 5.22. The minimum Gasteiger partial charge on any atom is -0.285 e. The maximum Gasteiger partial charge on any atom is 0.321 e. The quantitative estimate of drug-likeness (QED) is 0.462. The second kappa shape index (κ2) is 3.25. The maximum absolute atomic E-state index is 10.5. The van der Waals surface area contributed by atoms with Gasteiger partial charge in [0.1, 0.15) is 0 Å². The lowest BCUT2D eigenvalue weighted by molar-refractivity contribution is 0.265. The molecule has 0 saturated carbocycles. The van der Waals surface area contributed by atoms with Crippen LogP contribution in [0.2, 0.25) is 0 Å². The fraction of sp³-hybridized carbons (Fsp3) is 0.200. The molecule has 0 bridgehead atoms. The lowest BCUT2D eigenvalue weighted by Gasteiger charge is -2.08. The first-order valence-corrected chi connectivity index (χ1v) is 3.17. The molecule has 0 radical (unpaired) electrons. The van der Waals surface area contributed by atoms with Crippen molar-refractivity contribution in [1.29, 1.82) is 0 Å². The van der Waals surface area contributed by atoms with E-state index in [-0.39, 0.29) is 0 Å². The Kier molecular flexibility index (Phi) is 2.32. The molecule has 0 N–H and O–H groups in total. The molecule has 0 spiro atoms. The van der Waals surface area contributed by atoms with Gasteiger partial charge in [-0.3, -0.25) is 9.69 Å². The van der Waals surface area contributed by atoms with E-state index in [1.807, 2.05) is 0 Å². The van der Waals surface area contributed by atoms with Crippen molar-refractivity contribution in [3.63, 3.8) is 0 Å². The smallest absolute Gasteiger partial charge is 0.285 e. The Morgan fingerprint density at radius 2 is 2.45 bits per heavy atom. The molecule has 1 aromatic rings. The zero-order valence-corrected chi connectivity index (χ0v) is 6.49. The molecule has 0 atom stereocenters. The van der Waals surface area contributed by atoms with Crippen LogP contribution in [-0.4, -0.2) is 27.8 Å². The summed E-state index contributed by atoms with van der Waals surface area (Å²) < 4.78 is 0. The van der Waals surface area contributed by atoms with Crippen LogP contribution in [-0.2, 0) is 0 Å². The van der Waals surface area contributed by atoms with Gasteiger partial charge in [0.15, 0.2) is 5.82 Å². The van der Waals surface area contributed by atoms with Crippen LogP contribution in [0.4, 0.5) is 10.6 Å². The highest BCUT2D eigenvalue weighted by Crippen LogP contribution is 2.06. The number of hydrogen-bond donors (Lipinski definition) is 0.